The third kappa shape index (κ3) is 7.24. The minimum absolute atomic E-state index is 0.259. The first-order chi connectivity index (χ1) is 25.1. The molecule has 4 aromatic rings. The number of H-pyrrole nitrogens is 1. The van der Waals surface area contributed by atoms with Crippen LogP contribution in [-0.4, -0.2) is 15.0 Å². The van der Waals surface area contributed by atoms with E-state index in [0.29, 0.717) is 15.1 Å². The number of aromatic nitrogens is 3. The summed E-state index contributed by atoms with van der Waals surface area (Å²) in [6.45, 7) is 12.8. The molecule has 1 N–H and O–H groups in total. The van der Waals surface area contributed by atoms with Gasteiger partial charge in [-0.1, -0.05) is 66.2 Å². The highest BCUT2D eigenvalue weighted by Gasteiger charge is 2.26. The molecule has 0 fully saturated rings. The van der Waals surface area contributed by atoms with Crippen LogP contribution in [0.3, 0.4) is 0 Å². The van der Waals surface area contributed by atoms with Gasteiger partial charge in [-0.25, -0.2) is 27.5 Å². The lowest BCUT2D eigenvalue weighted by Gasteiger charge is -2.09. The maximum atomic E-state index is 15.7. The normalized spacial score (nSPS) is 13.3. The van der Waals surface area contributed by atoms with Crippen molar-refractivity contribution in [3.63, 3.8) is 0 Å². The third-order valence-corrected chi connectivity index (χ3v) is 11.8. The summed E-state index contributed by atoms with van der Waals surface area (Å²) in [6.07, 6.45) is 14.2. The molecule has 0 spiro atoms. The molecule has 6 rings (SSSR count). The predicted molar refractivity (Wildman–Crippen MR) is 212 cm³/mol. The first kappa shape index (κ1) is 38.0. The number of unbranched alkanes of at least 4 members (excludes halogenated alkanes) is 6. The SMILES string of the molecule is CCCCCC1=C(CCCCC)c2cc3[nH]c(cc4sc(cc5nc(cc1n2)C(CCCC)=C5C)c1c(F)c(F)c(F)c(F)c41)c(C)c3CCCC. The fourth-order valence-electron chi connectivity index (χ4n) is 7.69. The average molecular weight is 730 g/mol. The molecule has 0 aliphatic carbocycles. The largest absolute Gasteiger partial charge is 0.355 e. The zero-order valence-electron chi connectivity index (χ0n) is 31.5. The van der Waals surface area contributed by atoms with Crippen LogP contribution in [0.1, 0.15) is 152 Å². The van der Waals surface area contributed by atoms with Gasteiger partial charge in [-0.3, -0.25) is 0 Å². The molecule has 3 nitrogen and oxygen atoms in total. The fourth-order valence-corrected chi connectivity index (χ4v) is 8.86. The molecule has 0 amide bonds. The monoisotopic (exact) mass is 729 g/mol. The molecule has 3 aromatic heterocycles. The number of thiophene rings is 1. The van der Waals surface area contributed by atoms with Crippen LogP contribution in [0.5, 0.6) is 0 Å². The molecular formula is C44H51F4N3S. The summed E-state index contributed by atoms with van der Waals surface area (Å²) in [7, 11) is 0. The third-order valence-electron chi connectivity index (χ3n) is 10.8. The molecule has 2 aliphatic rings. The molecule has 8 heteroatoms. The first-order valence-electron chi connectivity index (χ1n) is 19.4. The van der Waals surface area contributed by atoms with Crippen molar-refractivity contribution in [3.05, 3.63) is 81.4 Å². The van der Waals surface area contributed by atoms with Gasteiger partial charge in [-0.15, -0.1) is 11.3 Å². The number of hydrogen-bond acceptors (Lipinski definition) is 3. The van der Waals surface area contributed by atoms with Crippen LogP contribution in [0.15, 0.2) is 24.3 Å². The second-order valence-electron chi connectivity index (χ2n) is 14.4. The zero-order valence-corrected chi connectivity index (χ0v) is 32.3. The summed E-state index contributed by atoms with van der Waals surface area (Å²) in [5.74, 6) is -6.39. The van der Waals surface area contributed by atoms with Crippen LogP contribution in [0.25, 0.3) is 53.5 Å². The van der Waals surface area contributed by atoms with E-state index in [0.717, 1.165) is 152 Å². The Morgan fingerprint density at radius 2 is 1.02 bits per heavy atom. The van der Waals surface area contributed by atoms with Gasteiger partial charge in [0.1, 0.15) is 0 Å². The highest BCUT2D eigenvalue weighted by atomic mass is 32.1. The van der Waals surface area contributed by atoms with Gasteiger partial charge in [0.15, 0.2) is 23.3 Å². The van der Waals surface area contributed by atoms with E-state index in [1.807, 2.05) is 13.8 Å². The summed E-state index contributed by atoms with van der Waals surface area (Å²) in [5, 5.41) is -0.523. The molecule has 0 radical (unpaired) electrons. The second-order valence-corrected chi connectivity index (χ2v) is 15.5. The van der Waals surface area contributed by atoms with Crippen molar-refractivity contribution >= 4 is 64.8 Å². The first-order valence-corrected chi connectivity index (χ1v) is 20.2. The molecule has 5 heterocycles. The van der Waals surface area contributed by atoms with Gasteiger partial charge < -0.3 is 4.98 Å². The summed E-state index contributed by atoms with van der Waals surface area (Å²) >= 11 is 1.12. The van der Waals surface area contributed by atoms with Crippen LogP contribution >= 0.6 is 11.3 Å². The lowest BCUT2D eigenvalue weighted by atomic mass is 9.94. The van der Waals surface area contributed by atoms with Crippen molar-refractivity contribution in [2.24, 2.45) is 0 Å². The summed E-state index contributed by atoms with van der Waals surface area (Å²) in [5.41, 5.74) is 11.8. The number of fused-ring (bicyclic) bond motifs is 11. The van der Waals surface area contributed by atoms with E-state index in [1.165, 1.54) is 11.1 Å². The number of aromatic amines is 1. The highest BCUT2D eigenvalue weighted by Crippen LogP contribution is 2.43. The number of hydrogen-bond donors (Lipinski definition) is 1. The van der Waals surface area contributed by atoms with Gasteiger partial charge in [-0.2, -0.15) is 0 Å². The predicted octanol–water partition coefficient (Wildman–Crippen LogP) is 14.6. The quantitative estimate of drug-likeness (QED) is 0.0608. The maximum absolute atomic E-state index is 15.7. The minimum Gasteiger partial charge on any atom is -0.355 e. The second kappa shape index (κ2) is 16.5. The number of allylic oxidation sites excluding steroid dienone is 4. The Morgan fingerprint density at radius 3 is 1.62 bits per heavy atom. The molecule has 1 aromatic carbocycles. The molecule has 0 atom stereocenters. The summed E-state index contributed by atoms with van der Waals surface area (Å²) < 4.78 is 61.8. The number of nitrogens with zero attached hydrogens (tertiary/aromatic N) is 2. The van der Waals surface area contributed by atoms with Crippen LogP contribution in [0.4, 0.5) is 17.6 Å². The van der Waals surface area contributed by atoms with Gasteiger partial charge in [0.25, 0.3) is 0 Å². The van der Waals surface area contributed by atoms with Crippen LogP contribution in [-0.2, 0) is 6.42 Å². The lowest BCUT2D eigenvalue weighted by molar-refractivity contribution is 0.418. The summed E-state index contributed by atoms with van der Waals surface area (Å²) in [6, 6.07) is 7.79. The fraction of sp³-hybridized carbons (Fsp3) is 0.455. The molecule has 0 saturated heterocycles. The number of benzene rings is 1. The Kier molecular flexibility index (Phi) is 12.0. The van der Waals surface area contributed by atoms with Crippen LogP contribution in [0.2, 0.25) is 0 Å². The topological polar surface area (TPSA) is 41.6 Å². The van der Waals surface area contributed by atoms with E-state index in [9.17, 15) is 8.78 Å². The Bertz CT molecular complexity index is 2220. The maximum Gasteiger partial charge on any atom is 0.198 e. The smallest absolute Gasteiger partial charge is 0.198 e. The number of rotatable bonds is 14. The molecule has 276 valence electrons. The van der Waals surface area contributed by atoms with E-state index in [2.05, 4.69) is 44.8 Å². The van der Waals surface area contributed by atoms with E-state index in [-0.39, 0.29) is 10.8 Å². The molecular weight excluding hydrogens is 679 g/mol. The standard InChI is InChI=1S/C44H51F4N3S/c1-7-11-15-19-29-30(20-16-12-8-2)36-22-34-28(18-14-10-4)26(6)32(50-34)24-38-40-39(41(45)43(47)44(48)42(40)46)37(52-38)23-31-25(5)27(17-13-9-3)33(49-31)21-35(29)51-36/h21-24,49H,7-20H2,1-6H3. The highest BCUT2D eigenvalue weighted by molar-refractivity contribution is 7.25. The summed E-state index contributed by atoms with van der Waals surface area (Å²) in [4.78, 5) is 14.1. The Balaban J connectivity index is 1.79. The lowest BCUT2D eigenvalue weighted by Crippen LogP contribution is -1.96. The van der Waals surface area contributed by atoms with E-state index < -0.39 is 23.3 Å². The van der Waals surface area contributed by atoms with E-state index >= 15 is 8.78 Å². The molecule has 0 saturated carbocycles. The Hall–Kier alpha value is -3.78. The van der Waals surface area contributed by atoms with Crippen molar-refractivity contribution in [1.82, 2.24) is 15.0 Å². The van der Waals surface area contributed by atoms with Crippen molar-refractivity contribution in [2.75, 3.05) is 0 Å². The number of halogens is 4. The van der Waals surface area contributed by atoms with E-state index in [1.54, 1.807) is 12.1 Å². The van der Waals surface area contributed by atoms with Crippen molar-refractivity contribution in [1.29, 1.82) is 0 Å². The van der Waals surface area contributed by atoms with Crippen molar-refractivity contribution in [3.8, 4) is 0 Å². The van der Waals surface area contributed by atoms with Gasteiger partial charge in [0.05, 0.1) is 22.8 Å². The molecule has 52 heavy (non-hydrogen) atoms. The average Bonchev–Trinajstić information content (AvgIpc) is 3.82. The van der Waals surface area contributed by atoms with Crippen LogP contribution < -0.4 is 0 Å². The van der Waals surface area contributed by atoms with Gasteiger partial charge in [0.2, 0.25) is 0 Å². The molecule has 2 aliphatic heterocycles. The van der Waals surface area contributed by atoms with Gasteiger partial charge in [-0.05, 0) is 123 Å². The van der Waals surface area contributed by atoms with Gasteiger partial charge in [0, 0.05) is 31.2 Å². The Morgan fingerprint density at radius 1 is 0.519 bits per heavy atom. The Labute approximate surface area is 309 Å². The zero-order chi connectivity index (χ0) is 37.1. The minimum atomic E-state index is -1.81. The molecule has 8 bridgehead atoms. The molecule has 0 unspecified atom stereocenters. The van der Waals surface area contributed by atoms with Crippen molar-refractivity contribution < 1.29 is 17.6 Å². The van der Waals surface area contributed by atoms with Crippen molar-refractivity contribution in [2.45, 2.75) is 131 Å². The number of aryl methyl sites for hydroxylation is 2. The van der Waals surface area contributed by atoms with E-state index in [4.69, 9.17) is 9.97 Å². The number of nitrogens with one attached hydrogen (secondary N) is 1. The van der Waals surface area contributed by atoms with Gasteiger partial charge >= 0.3 is 0 Å². The van der Waals surface area contributed by atoms with Crippen LogP contribution in [0, 0.1) is 30.2 Å².